The molecule has 0 amide bonds. The summed E-state index contributed by atoms with van der Waals surface area (Å²) in [5, 5.41) is 4.08. The number of fused-ring (bicyclic) bond motifs is 1. The van der Waals surface area contributed by atoms with E-state index < -0.39 is 0 Å². The second-order valence-electron chi connectivity index (χ2n) is 5.16. The molecule has 0 spiro atoms. The molecule has 1 saturated carbocycles. The molecule has 1 aromatic carbocycles. The van der Waals surface area contributed by atoms with Crippen molar-refractivity contribution in [1.29, 1.82) is 0 Å². The van der Waals surface area contributed by atoms with Gasteiger partial charge >= 0.3 is 0 Å². The average Bonchev–Trinajstić information content (AvgIpc) is 2.68. The van der Waals surface area contributed by atoms with Crippen LogP contribution in [0.4, 0.5) is 0 Å². The Balaban J connectivity index is 2.11. The zero-order valence-electron chi connectivity index (χ0n) is 10.1. The maximum atomic E-state index is 12.3. The Kier molecular flexibility index (Phi) is 2.54. The molecule has 90 valence electrons. The van der Waals surface area contributed by atoms with Gasteiger partial charge in [-0.25, -0.2) is 4.68 Å². The Morgan fingerprint density at radius 3 is 2.76 bits per heavy atom. The normalized spacial score (nSPS) is 25.2. The number of nitrogens with zero attached hydrogens (tertiary/aromatic N) is 1. The minimum Gasteiger partial charge on any atom is -0.295 e. The van der Waals surface area contributed by atoms with E-state index in [1.807, 2.05) is 28.9 Å². The van der Waals surface area contributed by atoms with E-state index in [0.717, 1.165) is 17.3 Å². The lowest BCUT2D eigenvalue weighted by Gasteiger charge is -2.28. The van der Waals surface area contributed by atoms with E-state index in [0.29, 0.717) is 12.0 Å². The third kappa shape index (κ3) is 1.70. The third-order valence-corrected chi connectivity index (χ3v) is 4.02. The zero-order chi connectivity index (χ0) is 11.8. The Morgan fingerprint density at radius 2 is 2.00 bits per heavy atom. The van der Waals surface area contributed by atoms with Crippen LogP contribution < -0.4 is 5.56 Å². The summed E-state index contributed by atoms with van der Waals surface area (Å²) in [5.74, 6) is 0.592. The van der Waals surface area contributed by atoms with Crippen LogP contribution in [0.5, 0.6) is 0 Å². The predicted octanol–water partition coefficient (Wildman–Crippen LogP) is 3.08. The highest BCUT2D eigenvalue weighted by molar-refractivity contribution is 5.77. The van der Waals surface area contributed by atoms with E-state index >= 15 is 0 Å². The van der Waals surface area contributed by atoms with Crippen LogP contribution >= 0.6 is 0 Å². The van der Waals surface area contributed by atoms with Crippen LogP contribution in [-0.2, 0) is 0 Å². The van der Waals surface area contributed by atoms with Crippen molar-refractivity contribution in [3.05, 3.63) is 34.6 Å². The Bertz CT molecular complexity index is 581. The van der Waals surface area contributed by atoms with Crippen LogP contribution in [0.25, 0.3) is 10.9 Å². The SMILES string of the molecule is CC1CCCCC1n1[nH]c2ccccc2c1=O. The van der Waals surface area contributed by atoms with Crippen molar-refractivity contribution in [2.75, 3.05) is 0 Å². The topological polar surface area (TPSA) is 37.8 Å². The van der Waals surface area contributed by atoms with Crippen LogP contribution in [0.2, 0.25) is 0 Å². The van der Waals surface area contributed by atoms with Gasteiger partial charge < -0.3 is 0 Å². The van der Waals surface area contributed by atoms with E-state index in [4.69, 9.17) is 0 Å². The van der Waals surface area contributed by atoms with Gasteiger partial charge in [0.25, 0.3) is 5.56 Å². The van der Waals surface area contributed by atoms with Gasteiger partial charge in [0.15, 0.2) is 0 Å². The van der Waals surface area contributed by atoms with E-state index in [9.17, 15) is 4.79 Å². The summed E-state index contributed by atoms with van der Waals surface area (Å²) in [6.07, 6.45) is 4.88. The summed E-state index contributed by atoms with van der Waals surface area (Å²) >= 11 is 0. The van der Waals surface area contributed by atoms with Crippen LogP contribution in [-0.4, -0.2) is 9.78 Å². The molecule has 3 rings (SSSR count). The molecule has 17 heavy (non-hydrogen) atoms. The molecule has 1 N–H and O–H groups in total. The van der Waals surface area contributed by atoms with Crippen molar-refractivity contribution < 1.29 is 0 Å². The molecule has 1 fully saturated rings. The van der Waals surface area contributed by atoms with Crippen LogP contribution in [0.1, 0.15) is 38.6 Å². The quantitative estimate of drug-likeness (QED) is 0.803. The van der Waals surface area contributed by atoms with Gasteiger partial charge in [0.2, 0.25) is 0 Å². The minimum absolute atomic E-state index is 0.138. The number of hydrogen-bond donors (Lipinski definition) is 1. The first-order chi connectivity index (χ1) is 8.27. The Labute approximate surface area is 100 Å². The van der Waals surface area contributed by atoms with Crippen LogP contribution in [0, 0.1) is 5.92 Å². The number of H-pyrrole nitrogens is 1. The van der Waals surface area contributed by atoms with Crippen LogP contribution in [0.3, 0.4) is 0 Å². The van der Waals surface area contributed by atoms with Crippen molar-refractivity contribution in [3.63, 3.8) is 0 Å². The number of benzene rings is 1. The molecular formula is C14H18N2O. The molecular weight excluding hydrogens is 212 g/mol. The molecule has 2 aromatic rings. The van der Waals surface area contributed by atoms with E-state index in [2.05, 4.69) is 12.0 Å². The van der Waals surface area contributed by atoms with Gasteiger partial charge in [-0.15, -0.1) is 0 Å². The maximum absolute atomic E-state index is 12.3. The van der Waals surface area contributed by atoms with E-state index in [-0.39, 0.29) is 5.56 Å². The van der Waals surface area contributed by atoms with Gasteiger partial charge in [-0.2, -0.15) is 0 Å². The molecule has 0 saturated heterocycles. The first-order valence-electron chi connectivity index (χ1n) is 6.46. The second-order valence-corrected chi connectivity index (χ2v) is 5.16. The fourth-order valence-corrected chi connectivity index (χ4v) is 2.99. The molecule has 0 bridgehead atoms. The molecule has 0 aliphatic heterocycles. The number of aromatic nitrogens is 2. The third-order valence-electron chi connectivity index (χ3n) is 4.02. The van der Waals surface area contributed by atoms with Gasteiger partial charge in [-0.05, 0) is 30.9 Å². The first kappa shape index (κ1) is 10.6. The second kappa shape index (κ2) is 4.06. The molecule has 0 radical (unpaired) electrons. The van der Waals surface area contributed by atoms with Crippen molar-refractivity contribution in [2.45, 2.75) is 38.6 Å². The molecule has 2 unspecified atom stereocenters. The highest BCUT2D eigenvalue weighted by Gasteiger charge is 2.25. The fraction of sp³-hybridized carbons (Fsp3) is 0.500. The fourth-order valence-electron chi connectivity index (χ4n) is 2.99. The lowest BCUT2D eigenvalue weighted by molar-refractivity contribution is 0.237. The summed E-state index contributed by atoms with van der Waals surface area (Å²) in [5.41, 5.74) is 1.09. The van der Waals surface area contributed by atoms with E-state index in [1.54, 1.807) is 0 Å². The predicted molar refractivity (Wildman–Crippen MR) is 69.2 cm³/mol. The lowest BCUT2D eigenvalue weighted by Crippen LogP contribution is -2.29. The van der Waals surface area contributed by atoms with Crippen molar-refractivity contribution in [1.82, 2.24) is 9.78 Å². The number of hydrogen-bond acceptors (Lipinski definition) is 1. The summed E-state index contributed by atoms with van der Waals surface area (Å²) in [7, 11) is 0. The van der Waals surface area contributed by atoms with Gasteiger partial charge in [0.05, 0.1) is 16.9 Å². The largest absolute Gasteiger partial charge is 0.295 e. The van der Waals surface area contributed by atoms with Gasteiger partial charge in [-0.1, -0.05) is 31.9 Å². The molecule has 2 atom stereocenters. The number of para-hydroxylation sites is 1. The zero-order valence-corrected chi connectivity index (χ0v) is 10.1. The standard InChI is InChI=1S/C14H18N2O/c1-10-6-2-5-9-13(10)16-14(17)11-7-3-4-8-12(11)15-16/h3-4,7-8,10,13,15H,2,5-6,9H2,1H3. The lowest BCUT2D eigenvalue weighted by atomic mass is 9.86. The number of rotatable bonds is 1. The summed E-state index contributed by atoms with van der Waals surface area (Å²) < 4.78 is 1.86. The van der Waals surface area contributed by atoms with E-state index in [1.165, 1.54) is 19.3 Å². The highest BCUT2D eigenvalue weighted by Crippen LogP contribution is 2.32. The van der Waals surface area contributed by atoms with Crippen molar-refractivity contribution in [2.24, 2.45) is 5.92 Å². The van der Waals surface area contributed by atoms with Crippen molar-refractivity contribution >= 4 is 10.9 Å². The van der Waals surface area contributed by atoms with Gasteiger partial charge in [-0.3, -0.25) is 9.89 Å². The van der Waals surface area contributed by atoms with Crippen LogP contribution in [0.15, 0.2) is 29.1 Å². The average molecular weight is 230 g/mol. The maximum Gasteiger partial charge on any atom is 0.274 e. The van der Waals surface area contributed by atoms with Gasteiger partial charge in [0.1, 0.15) is 0 Å². The Hall–Kier alpha value is -1.51. The summed E-state index contributed by atoms with van der Waals surface area (Å²) in [4.78, 5) is 12.3. The summed E-state index contributed by atoms with van der Waals surface area (Å²) in [6, 6.07) is 8.11. The van der Waals surface area contributed by atoms with Crippen molar-refractivity contribution in [3.8, 4) is 0 Å². The molecule has 1 aliphatic carbocycles. The van der Waals surface area contributed by atoms with Gasteiger partial charge in [0, 0.05) is 0 Å². The molecule has 1 aliphatic rings. The molecule has 1 aromatic heterocycles. The number of aromatic amines is 1. The number of nitrogens with one attached hydrogen (secondary N) is 1. The Morgan fingerprint density at radius 1 is 1.24 bits per heavy atom. The monoisotopic (exact) mass is 230 g/mol. The minimum atomic E-state index is 0.138. The molecule has 3 nitrogen and oxygen atoms in total. The summed E-state index contributed by atoms with van der Waals surface area (Å²) in [6.45, 7) is 2.25. The highest BCUT2D eigenvalue weighted by atomic mass is 16.1. The smallest absolute Gasteiger partial charge is 0.274 e. The molecule has 3 heteroatoms. The molecule has 1 heterocycles. The first-order valence-corrected chi connectivity index (χ1v) is 6.46.